The van der Waals surface area contributed by atoms with Gasteiger partial charge in [-0.2, -0.15) is 0 Å². The van der Waals surface area contributed by atoms with E-state index < -0.39 is 0 Å². The van der Waals surface area contributed by atoms with E-state index in [1.54, 1.807) is 7.11 Å². The number of ether oxygens (including phenoxy) is 1. The van der Waals surface area contributed by atoms with Crippen molar-refractivity contribution in [3.05, 3.63) is 5.73 Å². The van der Waals surface area contributed by atoms with Crippen LogP contribution in [-0.4, -0.2) is 20.3 Å². The molecule has 3 heteroatoms. The molecule has 0 aromatic heterocycles. The molecule has 0 aliphatic carbocycles. The molecule has 6 heavy (non-hydrogen) atoms. The Morgan fingerprint density at radius 3 is 2.17 bits per heavy atom. The van der Waals surface area contributed by atoms with Crippen molar-refractivity contribution in [1.82, 2.24) is 0 Å². The zero-order valence-electron chi connectivity index (χ0n) is 3.59. The molecule has 0 bridgehead atoms. The van der Waals surface area contributed by atoms with Gasteiger partial charge in [0.1, 0.15) is 0 Å². The molecule has 0 amide bonds. The summed E-state index contributed by atoms with van der Waals surface area (Å²) in [6.45, 7) is 0.927. The maximum absolute atomic E-state index is 6.48. The van der Waals surface area contributed by atoms with Crippen LogP contribution < -0.4 is 0 Å². The summed E-state index contributed by atoms with van der Waals surface area (Å²) in [6.07, 6.45) is 0. The summed E-state index contributed by atoms with van der Waals surface area (Å²) in [6, 6.07) is 0. The minimum Gasteiger partial charge on any atom is -0.676 e. The third-order valence-electron chi connectivity index (χ3n) is 0.306. The van der Waals surface area contributed by atoms with E-state index in [2.05, 4.69) is 4.74 Å². The zero-order chi connectivity index (χ0) is 4.12. The predicted octanol–water partition coefficient (Wildman–Crippen LogP) is 0.685. The molecule has 0 atom stereocenters. The third kappa shape index (κ3) is 9.06. The van der Waals surface area contributed by atoms with Crippen molar-refractivity contribution in [3.8, 4) is 0 Å². The number of hydrogen-bond acceptors (Lipinski definition) is 1. The van der Waals surface area contributed by atoms with Crippen LogP contribution in [0.4, 0.5) is 0 Å². The van der Waals surface area contributed by atoms with Gasteiger partial charge < -0.3 is 10.5 Å². The van der Waals surface area contributed by atoms with Crippen LogP contribution in [0.15, 0.2) is 0 Å². The minimum atomic E-state index is 0. The van der Waals surface area contributed by atoms with E-state index in [9.17, 15) is 0 Å². The van der Waals surface area contributed by atoms with Crippen molar-refractivity contribution in [1.29, 1.82) is 0 Å². The number of rotatable bonds is 2. The fourth-order valence-corrected chi connectivity index (χ4v) is 0.102. The molecule has 46 valence electrons. The number of hydrogen-bond donors (Lipinski definition) is 0. The second-order valence-corrected chi connectivity index (χ2v) is 0.743. The topological polar surface area (TPSA) is 33.0 Å². The molecule has 0 aromatic rings. The van der Waals surface area contributed by atoms with E-state index in [0.29, 0.717) is 13.2 Å². The Kier molecular flexibility index (Phi) is 16.8. The second kappa shape index (κ2) is 9.67. The van der Waals surface area contributed by atoms with Crippen molar-refractivity contribution < 1.29 is 51.7 Å². The van der Waals surface area contributed by atoms with Gasteiger partial charge in [-0.05, 0) is 0 Å². The summed E-state index contributed by atoms with van der Waals surface area (Å²) < 4.78 is 4.50. The normalized spacial score (nSPS) is 7.00. The molecule has 0 unspecified atom stereocenters. The van der Waals surface area contributed by atoms with Crippen molar-refractivity contribution in [3.63, 3.8) is 0 Å². The molecule has 0 radical (unpaired) electrons. The smallest absolute Gasteiger partial charge is 0.0354 e. The van der Waals surface area contributed by atoms with Crippen molar-refractivity contribution >= 4 is 0 Å². The molecule has 2 nitrogen and oxygen atoms in total. The van der Waals surface area contributed by atoms with E-state index in [-0.39, 0.29) is 46.9 Å². The first kappa shape index (κ1) is 10.4. The van der Waals surface area contributed by atoms with E-state index in [4.69, 9.17) is 5.73 Å². The molecule has 0 saturated carbocycles. The van der Waals surface area contributed by atoms with E-state index in [1.807, 2.05) is 0 Å². The molecule has 0 fully saturated rings. The Hall–Kier alpha value is 1.44. The van der Waals surface area contributed by atoms with Gasteiger partial charge in [0.25, 0.3) is 0 Å². The molecule has 0 heterocycles. The Morgan fingerprint density at radius 2 is 2.17 bits per heavy atom. The molecule has 0 spiro atoms. The summed E-state index contributed by atoms with van der Waals surface area (Å²) in [5.41, 5.74) is 6.48. The first-order valence-corrected chi connectivity index (χ1v) is 1.55. The summed E-state index contributed by atoms with van der Waals surface area (Å²) in [5, 5.41) is 0. The van der Waals surface area contributed by atoms with E-state index in [1.165, 1.54) is 0 Å². The largest absolute Gasteiger partial charge is 0.676 e. The van der Waals surface area contributed by atoms with Gasteiger partial charge in [0, 0.05) is 60.6 Å². The molecule has 0 aliphatic rings. The minimum absolute atomic E-state index is 0. The molecule has 0 saturated heterocycles. The van der Waals surface area contributed by atoms with Gasteiger partial charge in [0.15, 0.2) is 0 Å². The first-order chi connectivity index (χ1) is 2.41. The Morgan fingerprint density at radius 1 is 1.67 bits per heavy atom. The third-order valence-corrected chi connectivity index (χ3v) is 0.306. The van der Waals surface area contributed by atoms with Crippen LogP contribution in [0.2, 0.25) is 0 Å². The van der Waals surface area contributed by atoms with Gasteiger partial charge in [-0.25, -0.2) is 0 Å². The summed E-state index contributed by atoms with van der Waals surface area (Å²) in [4.78, 5) is 0. The maximum Gasteiger partial charge on any atom is 0.0354 e. The Labute approximate surface area is 76.7 Å². The van der Waals surface area contributed by atoms with Gasteiger partial charge in [0.2, 0.25) is 0 Å². The van der Waals surface area contributed by atoms with Crippen LogP contribution in [0, 0.1) is 46.9 Å². The quantitative estimate of drug-likeness (QED) is 0.706. The standard InChI is InChI=1S/C3H8NO.Yb/c1-5-3-2-4;/h4H,2-3H2,1H3;/q-1;. The van der Waals surface area contributed by atoms with Gasteiger partial charge in [-0.1, -0.05) is 0 Å². The van der Waals surface area contributed by atoms with Gasteiger partial charge in [0.05, 0.1) is 0 Å². The number of nitrogens with one attached hydrogen (secondary N) is 1. The van der Waals surface area contributed by atoms with Crippen molar-refractivity contribution in [2.75, 3.05) is 20.3 Å². The monoisotopic (exact) mass is 248 g/mol. The van der Waals surface area contributed by atoms with Gasteiger partial charge >= 0.3 is 0 Å². The fraction of sp³-hybridized carbons (Fsp3) is 1.00. The second-order valence-electron chi connectivity index (χ2n) is 0.743. The fourth-order valence-electron chi connectivity index (χ4n) is 0.102. The number of methoxy groups -OCH3 is 1. The predicted molar refractivity (Wildman–Crippen MR) is 21.1 cm³/mol. The maximum atomic E-state index is 6.48. The molecule has 1 N–H and O–H groups in total. The van der Waals surface area contributed by atoms with Crippen LogP contribution in [0.1, 0.15) is 0 Å². The average molecular weight is 247 g/mol. The summed E-state index contributed by atoms with van der Waals surface area (Å²) in [5.74, 6) is 0. The first-order valence-electron chi connectivity index (χ1n) is 1.55. The summed E-state index contributed by atoms with van der Waals surface area (Å²) >= 11 is 0. The molecule has 0 aliphatic heterocycles. The van der Waals surface area contributed by atoms with E-state index in [0.717, 1.165) is 0 Å². The SMILES string of the molecule is COCC[NH-].[Yb]. The Bertz CT molecular complexity index is 18.3. The van der Waals surface area contributed by atoms with E-state index >= 15 is 0 Å². The van der Waals surface area contributed by atoms with Crippen molar-refractivity contribution in [2.24, 2.45) is 0 Å². The average Bonchev–Trinajstić information content (AvgIpc) is 1.41. The zero-order valence-corrected chi connectivity index (χ0v) is 5.30. The van der Waals surface area contributed by atoms with Crippen LogP contribution in [0.5, 0.6) is 0 Å². The van der Waals surface area contributed by atoms with Crippen LogP contribution in [-0.2, 0) is 4.74 Å². The van der Waals surface area contributed by atoms with Crippen LogP contribution in [0.25, 0.3) is 5.73 Å². The Balaban J connectivity index is 0. The molecular formula is C3H8NOYb-. The van der Waals surface area contributed by atoms with Gasteiger partial charge in [-0.3, -0.25) is 0 Å². The van der Waals surface area contributed by atoms with Crippen LogP contribution >= 0.6 is 0 Å². The van der Waals surface area contributed by atoms with Crippen molar-refractivity contribution in [2.45, 2.75) is 0 Å². The molecular weight excluding hydrogens is 239 g/mol. The molecule has 0 rings (SSSR count). The van der Waals surface area contributed by atoms with Crippen LogP contribution in [0.3, 0.4) is 0 Å². The molecule has 0 aromatic carbocycles. The van der Waals surface area contributed by atoms with Gasteiger partial charge in [-0.15, -0.1) is 6.54 Å². The summed E-state index contributed by atoms with van der Waals surface area (Å²) in [7, 11) is 1.59.